The molecular weight excluding hydrogens is 410 g/mol. The molecule has 7 heteroatoms. The Bertz CT molecular complexity index is 752. The highest BCUT2D eigenvalue weighted by Gasteiger charge is 2.83. The quantitative estimate of drug-likeness (QED) is 0.568. The molecule has 7 bridgehead atoms. The van der Waals surface area contributed by atoms with Gasteiger partial charge in [-0.05, 0) is 44.1 Å². The maximum Gasteiger partial charge on any atom is 0.146 e. The third kappa shape index (κ3) is 2.37. The van der Waals surface area contributed by atoms with Crippen LogP contribution in [-0.2, 0) is 18.9 Å². The molecule has 32 heavy (non-hydrogen) atoms. The van der Waals surface area contributed by atoms with E-state index in [4.69, 9.17) is 18.9 Å². The molecule has 9 unspecified atom stereocenters. The Morgan fingerprint density at radius 3 is 2.59 bits per heavy atom. The maximum absolute atomic E-state index is 12.5. The second-order valence-electron chi connectivity index (χ2n) is 11.8. The number of nitrogens with zero attached hydrogens (tertiary/aromatic N) is 1. The molecule has 6 rings (SSSR count). The fraction of sp³-hybridized carbons (Fsp3) is 1.00. The van der Waals surface area contributed by atoms with Crippen LogP contribution in [0.25, 0.3) is 0 Å². The molecule has 5 aliphatic carbocycles. The molecule has 1 aliphatic heterocycles. The van der Waals surface area contributed by atoms with E-state index in [0.717, 1.165) is 45.4 Å². The van der Waals surface area contributed by atoms with Crippen LogP contribution in [0.3, 0.4) is 0 Å². The second kappa shape index (κ2) is 7.36. The Morgan fingerprint density at radius 2 is 1.91 bits per heavy atom. The molecular formula is C25H41NO6. The first kappa shape index (κ1) is 22.2. The Labute approximate surface area is 191 Å². The monoisotopic (exact) mass is 451 g/mol. The van der Waals surface area contributed by atoms with Gasteiger partial charge in [0.25, 0.3) is 0 Å². The summed E-state index contributed by atoms with van der Waals surface area (Å²) in [6, 6.07) is 0.297. The van der Waals surface area contributed by atoms with Gasteiger partial charge in [0.15, 0.2) is 0 Å². The SMILES string of the molecule is CCN1CC2(COC)CCC(OC)C34C1C(CC23)C1(O)CC(O)[C@@H]2C[C@@H]4C1[C@H]2OCOC. The van der Waals surface area contributed by atoms with Gasteiger partial charge < -0.3 is 29.2 Å². The average Bonchev–Trinajstić information content (AvgIpc) is 3.24. The molecule has 5 saturated carbocycles. The van der Waals surface area contributed by atoms with Gasteiger partial charge in [0.1, 0.15) is 6.79 Å². The van der Waals surface area contributed by atoms with Crippen LogP contribution in [0.1, 0.15) is 39.0 Å². The van der Waals surface area contributed by atoms with Gasteiger partial charge in [-0.2, -0.15) is 0 Å². The van der Waals surface area contributed by atoms with Gasteiger partial charge in [0, 0.05) is 68.9 Å². The molecule has 2 N–H and O–H groups in total. The molecule has 0 aromatic heterocycles. The summed E-state index contributed by atoms with van der Waals surface area (Å²) in [5.74, 6) is 0.975. The van der Waals surface area contributed by atoms with Crippen LogP contribution in [0, 0.1) is 40.4 Å². The first-order chi connectivity index (χ1) is 15.4. The Balaban J connectivity index is 1.55. The highest BCUT2D eigenvalue weighted by atomic mass is 16.7. The number of ether oxygens (including phenoxy) is 4. The molecule has 1 heterocycles. The lowest BCUT2D eigenvalue weighted by Crippen LogP contribution is -2.76. The van der Waals surface area contributed by atoms with Crippen LogP contribution < -0.4 is 0 Å². The number of hydrogen-bond donors (Lipinski definition) is 2. The van der Waals surface area contributed by atoms with Gasteiger partial charge >= 0.3 is 0 Å². The lowest BCUT2D eigenvalue weighted by molar-refractivity contribution is -0.282. The third-order valence-electron chi connectivity index (χ3n) is 11.2. The predicted octanol–water partition coefficient (Wildman–Crippen LogP) is 1.51. The van der Waals surface area contributed by atoms with Crippen molar-refractivity contribution in [3.63, 3.8) is 0 Å². The molecule has 7 nitrogen and oxygen atoms in total. The number of hydrogen-bond acceptors (Lipinski definition) is 7. The molecule has 12 atom stereocenters. The summed E-state index contributed by atoms with van der Waals surface area (Å²) >= 11 is 0. The minimum Gasteiger partial charge on any atom is -0.393 e. The second-order valence-corrected chi connectivity index (χ2v) is 11.8. The first-order valence-electron chi connectivity index (χ1n) is 12.7. The summed E-state index contributed by atoms with van der Waals surface area (Å²) in [6.07, 6.45) is 4.05. The number of likely N-dealkylation sites (tertiary alicyclic amines) is 1. The standard InChI is InChI=1S/C25H41NO6/c1-5-26-11-23(12-29-2)7-6-19(31-4)25-15-8-14-17(27)10-24(28,16(22(25)26)9-18(23)25)20(15)21(14)32-13-30-3/h14-22,27-28H,5-13H2,1-4H3/t14-,15+,16?,17?,18?,19?,20?,21-,22?,23?,24?,25?/m0/s1. The molecule has 6 fully saturated rings. The average molecular weight is 452 g/mol. The van der Waals surface area contributed by atoms with Gasteiger partial charge in [0.2, 0.25) is 0 Å². The van der Waals surface area contributed by atoms with E-state index in [-0.39, 0.29) is 53.5 Å². The summed E-state index contributed by atoms with van der Waals surface area (Å²) in [6.45, 7) is 5.26. The number of methoxy groups -OCH3 is 3. The van der Waals surface area contributed by atoms with E-state index in [9.17, 15) is 10.2 Å². The van der Waals surface area contributed by atoms with Crippen molar-refractivity contribution in [2.45, 2.75) is 69.0 Å². The molecule has 0 aromatic rings. The van der Waals surface area contributed by atoms with Crippen LogP contribution in [-0.4, -0.2) is 92.9 Å². The molecule has 1 saturated heterocycles. The molecule has 0 amide bonds. The maximum atomic E-state index is 12.5. The van der Waals surface area contributed by atoms with Crippen molar-refractivity contribution >= 4 is 0 Å². The molecule has 1 spiro atoms. The summed E-state index contributed by atoms with van der Waals surface area (Å²) in [4.78, 5) is 2.66. The minimum absolute atomic E-state index is 0.0190. The predicted molar refractivity (Wildman–Crippen MR) is 117 cm³/mol. The number of piperidine rings is 1. The fourth-order valence-corrected chi connectivity index (χ4v) is 10.8. The van der Waals surface area contributed by atoms with E-state index in [2.05, 4.69) is 11.8 Å². The number of rotatable bonds is 7. The van der Waals surface area contributed by atoms with Crippen LogP contribution in [0.5, 0.6) is 0 Å². The van der Waals surface area contributed by atoms with Gasteiger partial charge in [0.05, 0.1) is 30.5 Å². The summed E-state index contributed by atoms with van der Waals surface area (Å²) < 4.78 is 23.8. The lowest BCUT2D eigenvalue weighted by Gasteiger charge is -2.69. The number of aliphatic hydroxyl groups excluding tert-OH is 1. The van der Waals surface area contributed by atoms with Crippen LogP contribution in [0.2, 0.25) is 0 Å². The van der Waals surface area contributed by atoms with Crippen molar-refractivity contribution in [3.8, 4) is 0 Å². The zero-order chi connectivity index (χ0) is 22.5. The zero-order valence-electron chi connectivity index (χ0n) is 20.0. The molecule has 182 valence electrons. The van der Waals surface area contributed by atoms with Crippen LogP contribution >= 0.6 is 0 Å². The van der Waals surface area contributed by atoms with Crippen LogP contribution in [0.15, 0.2) is 0 Å². The van der Waals surface area contributed by atoms with Crippen molar-refractivity contribution in [1.82, 2.24) is 4.90 Å². The summed E-state index contributed by atoms with van der Waals surface area (Å²) in [5.41, 5.74) is -0.813. The Morgan fingerprint density at radius 1 is 1.09 bits per heavy atom. The van der Waals surface area contributed by atoms with Crippen molar-refractivity contribution < 1.29 is 29.2 Å². The normalized spacial score (nSPS) is 57.8. The van der Waals surface area contributed by atoms with E-state index in [0.29, 0.717) is 18.4 Å². The topological polar surface area (TPSA) is 80.6 Å². The zero-order valence-corrected chi connectivity index (χ0v) is 20.0. The number of fused-ring (bicyclic) bond motifs is 2. The van der Waals surface area contributed by atoms with Gasteiger partial charge in [-0.15, -0.1) is 0 Å². The van der Waals surface area contributed by atoms with Crippen LogP contribution in [0.4, 0.5) is 0 Å². The number of aliphatic hydroxyl groups is 2. The largest absolute Gasteiger partial charge is 0.393 e. The van der Waals surface area contributed by atoms with Gasteiger partial charge in [-0.3, -0.25) is 4.90 Å². The van der Waals surface area contributed by atoms with E-state index in [1.54, 1.807) is 7.11 Å². The van der Waals surface area contributed by atoms with E-state index in [1.807, 2.05) is 14.2 Å². The van der Waals surface area contributed by atoms with E-state index >= 15 is 0 Å². The Kier molecular flexibility index (Phi) is 5.11. The van der Waals surface area contributed by atoms with Crippen molar-refractivity contribution in [1.29, 1.82) is 0 Å². The van der Waals surface area contributed by atoms with E-state index in [1.165, 1.54) is 0 Å². The first-order valence-corrected chi connectivity index (χ1v) is 12.7. The van der Waals surface area contributed by atoms with Gasteiger partial charge in [-0.25, -0.2) is 0 Å². The Hall–Kier alpha value is -0.280. The molecule has 0 radical (unpaired) electrons. The van der Waals surface area contributed by atoms with Crippen molar-refractivity contribution in [3.05, 3.63) is 0 Å². The van der Waals surface area contributed by atoms with Crippen molar-refractivity contribution in [2.75, 3.05) is 47.8 Å². The fourth-order valence-electron chi connectivity index (χ4n) is 10.8. The molecule has 0 aromatic carbocycles. The highest BCUT2D eigenvalue weighted by molar-refractivity contribution is 5.33. The molecule has 6 aliphatic rings. The minimum atomic E-state index is -0.905. The smallest absolute Gasteiger partial charge is 0.146 e. The third-order valence-corrected chi connectivity index (χ3v) is 11.2. The summed E-state index contributed by atoms with van der Waals surface area (Å²) in [7, 11) is 5.37. The summed E-state index contributed by atoms with van der Waals surface area (Å²) in [5, 5.41) is 23.7. The lowest BCUT2D eigenvalue weighted by atomic mass is 9.43. The van der Waals surface area contributed by atoms with Gasteiger partial charge in [-0.1, -0.05) is 6.92 Å². The van der Waals surface area contributed by atoms with E-state index < -0.39 is 11.7 Å². The van der Waals surface area contributed by atoms with Crippen molar-refractivity contribution in [2.24, 2.45) is 40.4 Å². The highest BCUT2D eigenvalue weighted by Crippen LogP contribution is 2.79.